The van der Waals surface area contributed by atoms with Gasteiger partial charge in [0.1, 0.15) is 0 Å². The fourth-order valence-corrected chi connectivity index (χ4v) is 5.84. The van der Waals surface area contributed by atoms with Crippen molar-refractivity contribution in [1.29, 1.82) is 0 Å². The summed E-state index contributed by atoms with van der Waals surface area (Å²) in [5, 5.41) is 11.0. The number of ether oxygens (including phenoxy) is 1. The van der Waals surface area contributed by atoms with Crippen LogP contribution in [0, 0.1) is 5.41 Å². The fraction of sp³-hybridized carbons (Fsp3) is 1.00. The third kappa shape index (κ3) is 2.09. The number of hydrogen-bond acceptors (Lipinski definition) is 5. The molecule has 6 heteroatoms. The molecule has 3 N–H and O–H groups in total. The molecule has 0 aromatic heterocycles. The number of hydrogen-bond donors (Lipinski definition) is 2. The van der Waals surface area contributed by atoms with Gasteiger partial charge in [-0.25, -0.2) is 8.42 Å². The predicted octanol–water partition coefficient (Wildman–Crippen LogP) is 0.0701. The van der Waals surface area contributed by atoms with Crippen LogP contribution in [-0.2, 0) is 14.6 Å². The van der Waals surface area contributed by atoms with Gasteiger partial charge in [-0.3, -0.25) is 0 Å². The third-order valence-corrected chi connectivity index (χ3v) is 6.61. The molecule has 0 bridgehead atoms. The highest BCUT2D eigenvalue weighted by Crippen LogP contribution is 2.49. The SMILES string of the molecule is COC1CCCCC1(O)C1(CN)CCS(=O)(=O)C1. The highest BCUT2D eigenvalue weighted by molar-refractivity contribution is 7.91. The molecule has 5 nitrogen and oxygen atoms in total. The van der Waals surface area contributed by atoms with Crippen LogP contribution in [0.2, 0.25) is 0 Å². The standard InChI is InChI=1S/C12H23NO4S/c1-17-10-4-2-3-5-12(10,14)11(8-13)6-7-18(15,16)9-11/h10,14H,2-9,13H2,1H3. The van der Waals surface area contributed by atoms with E-state index in [0.717, 1.165) is 19.3 Å². The second-order valence-corrected chi connectivity index (χ2v) is 7.90. The van der Waals surface area contributed by atoms with Crippen LogP contribution in [0.3, 0.4) is 0 Å². The van der Waals surface area contributed by atoms with Crippen LogP contribution in [0.25, 0.3) is 0 Å². The van der Waals surface area contributed by atoms with Gasteiger partial charge < -0.3 is 15.6 Å². The average molecular weight is 277 g/mol. The van der Waals surface area contributed by atoms with Crippen molar-refractivity contribution in [1.82, 2.24) is 0 Å². The predicted molar refractivity (Wildman–Crippen MR) is 69.0 cm³/mol. The molecule has 3 unspecified atom stereocenters. The molecule has 1 heterocycles. The van der Waals surface area contributed by atoms with E-state index in [2.05, 4.69) is 0 Å². The maximum atomic E-state index is 11.8. The second kappa shape index (κ2) is 4.74. The van der Waals surface area contributed by atoms with Crippen LogP contribution in [0.4, 0.5) is 0 Å². The molecule has 0 spiro atoms. The third-order valence-electron chi connectivity index (χ3n) is 4.79. The van der Waals surface area contributed by atoms with Crippen LogP contribution in [0.1, 0.15) is 32.1 Å². The van der Waals surface area contributed by atoms with Crippen molar-refractivity contribution in [3.05, 3.63) is 0 Å². The summed E-state index contributed by atoms with van der Waals surface area (Å²) in [6, 6.07) is 0. The first kappa shape index (κ1) is 14.2. The Kier molecular flexibility index (Phi) is 3.75. The number of rotatable bonds is 3. The molecule has 1 aliphatic carbocycles. The summed E-state index contributed by atoms with van der Waals surface area (Å²) in [5.74, 6) is 0.121. The number of aliphatic hydroxyl groups is 1. The van der Waals surface area contributed by atoms with Gasteiger partial charge in [0.15, 0.2) is 9.84 Å². The van der Waals surface area contributed by atoms with E-state index in [1.807, 2.05) is 0 Å². The van der Waals surface area contributed by atoms with Gasteiger partial charge in [0.2, 0.25) is 0 Å². The van der Waals surface area contributed by atoms with Crippen LogP contribution in [-0.4, -0.2) is 50.4 Å². The van der Waals surface area contributed by atoms with Gasteiger partial charge >= 0.3 is 0 Å². The fourth-order valence-electron chi connectivity index (χ4n) is 3.64. The molecule has 106 valence electrons. The van der Waals surface area contributed by atoms with E-state index in [-0.39, 0.29) is 24.2 Å². The summed E-state index contributed by atoms with van der Waals surface area (Å²) in [6.07, 6.45) is 3.41. The quantitative estimate of drug-likeness (QED) is 0.762. The maximum Gasteiger partial charge on any atom is 0.151 e. The van der Waals surface area contributed by atoms with Crippen molar-refractivity contribution in [3.63, 3.8) is 0 Å². The van der Waals surface area contributed by atoms with Gasteiger partial charge in [-0.1, -0.05) is 12.8 Å². The molecular weight excluding hydrogens is 254 g/mol. The zero-order valence-corrected chi connectivity index (χ0v) is 11.7. The Balaban J connectivity index is 2.36. The molecule has 0 aromatic carbocycles. The van der Waals surface area contributed by atoms with Gasteiger partial charge in [0.25, 0.3) is 0 Å². The van der Waals surface area contributed by atoms with Gasteiger partial charge in [-0.15, -0.1) is 0 Å². The van der Waals surface area contributed by atoms with E-state index in [9.17, 15) is 13.5 Å². The zero-order valence-electron chi connectivity index (χ0n) is 10.9. The minimum Gasteiger partial charge on any atom is -0.387 e. The molecule has 1 saturated heterocycles. The van der Waals surface area contributed by atoms with E-state index in [1.54, 1.807) is 7.11 Å². The molecular formula is C12H23NO4S. The lowest BCUT2D eigenvalue weighted by molar-refractivity contribution is -0.178. The molecule has 0 amide bonds. The Hall–Kier alpha value is -0.170. The molecule has 2 fully saturated rings. The number of sulfone groups is 1. The van der Waals surface area contributed by atoms with Crippen molar-refractivity contribution in [2.24, 2.45) is 11.1 Å². The summed E-state index contributed by atoms with van der Waals surface area (Å²) in [6.45, 7) is 0.197. The smallest absolute Gasteiger partial charge is 0.151 e. The Bertz CT molecular complexity index is 410. The Morgan fingerprint density at radius 2 is 2.11 bits per heavy atom. The zero-order chi connectivity index (χ0) is 13.4. The topological polar surface area (TPSA) is 89.6 Å². The molecule has 2 rings (SSSR count). The van der Waals surface area contributed by atoms with E-state index >= 15 is 0 Å². The molecule has 1 aliphatic heterocycles. The van der Waals surface area contributed by atoms with Crippen molar-refractivity contribution in [2.75, 3.05) is 25.2 Å². The highest BCUT2D eigenvalue weighted by Gasteiger charge is 2.59. The van der Waals surface area contributed by atoms with E-state index in [0.29, 0.717) is 12.8 Å². The van der Waals surface area contributed by atoms with Crippen molar-refractivity contribution < 1.29 is 18.3 Å². The molecule has 3 atom stereocenters. The molecule has 0 aromatic rings. The summed E-state index contributed by atoms with van der Waals surface area (Å²) >= 11 is 0. The lowest BCUT2D eigenvalue weighted by Gasteiger charge is -2.50. The van der Waals surface area contributed by atoms with E-state index in [1.165, 1.54) is 0 Å². The summed E-state index contributed by atoms with van der Waals surface area (Å²) < 4.78 is 29.0. The van der Waals surface area contributed by atoms with Gasteiger partial charge in [-0.05, 0) is 19.3 Å². The van der Waals surface area contributed by atoms with Crippen LogP contribution in [0.5, 0.6) is 0 Å². The average Bonchev–Trinajstić information content (AvgIpc) is 2.67. The van der Waals surface area contributed by atoms with Crippen LogP contribution >= 0.6 is 0 Å². The Morgan fingerprint density at radius 3 is 2.61 bits per heavy atom. The lowest BCUT2D eigenvalue weighted by Crippen LogP contribution is -2.61. The number of methoxy groups -OCH3 is 1. The first-order valence-corrected chi connectivity index (χ1v) is 8.37. The van der Waals surface area contributed by atoms with Crippen molar-refractivity contribution >= 4 is 9.84 Å². The molecule has 18 heavy (non-hydrogen) atoms. The van der Waals surface area contributed by atoms with Crippen LogP contribution < -0.4 is 5.73 Å². The Labute approximate surface area is 109 Å². The monoisotopic (exact) mass is 277 g/mol. The van der Waals surface area contributed by atoms with Gasteiger partial charge in [0.05, 0.1) is 23.2 Å². The van der Waals surface area contributed by atoms with Crippen molar-refractivity contribution in [3.8, 4) is 0 Å². The largest absolute Gasteiger partial charge is 0.387 e. The normalized spacial score (nSPS) is 44.1. The Morgan fingerprint density at radius 1 is 1.39 bits per heavy atom. The minimum absolute atomic E-state index is 0.00708. The van der Waals surface area contributed by atoms with Crippen LogP contribution in [0.15, 0.2) is 0 Å². The molecule has 1 saturated carbocycles. The first-order chi connectivity index (χ1) is 8.39. The lowest BCUT2D eigenvalue weighted by atomic mass is 9.63. The van der Waals surface area contributed by atoms with E-state index in [4.69, 9.17) is 10.5 Å². The minimum atomic E-state index is -3.08. The highest BCUT2D eigenvalue weighted by atomic mass is 32.2. The second-order valence-electron chi connectivity index (χ2n) is 5.72. The van der Waals surface area contributed by atoms with Crippen molar-refractivity contribution in [2.45, 2.75) is 43.8 Å². The maximum absolute atomic E-state index is 11.8. The summed E-state index contributed by atoms with van der Waals surface area (Å²) in [7, 11) is -1.50. The summed E-state index contributed by atoms with van der Waals surface area (Å²) in [4.78, 5) is 0. The molecule has 0 radical (unpaired) electrons. The number of nitrogens with two attached hydrogens (primary N) is 1. The van der Waals surface area contributed by atoms with E-state index < -0.39 is 20.9 Å². The van der Waals surface area contributed by atoms with Gasteiger partial charge in [-0.2, -0.15) is 0 Å². The summed E-state index contributed by atoms with van der Waals surface area (Å²) in [5.41, 5.74) is 4.01. The van der Waals surface area contributed by atoms with Gasteiger partial charge in [0, 0.05) is 19.1 Å². The molecule has 2 aliphatic rings. The first-order valence-electron chi connectivity index (χ1n) is 6.55.